The molecule has 1 amide bonds. The number of piperazine rings is 1. The van der Waals surface area contributed by atoms with Gasteiger partial charge in [-0.3, -0.25) is 9.69 Å². The third-order valence-corrected chi connectivity index (χ3v) is 6.39. The molecule has 2 N–H and O–H groups in total. The number of fused-ring (bicyclic) bond motifs is 2. The number of rotatable bonds is 5. The summed E-state index contributed by atoms with van der Waals surface area (Å²) in [4.78, 5) is 17.0. The third-order valence-electron chi connectivity index (χ3n) is 5.75. The highest BCUT2D eigenvalue weighted by molar-refractivity contribution is 7.98. The molecule has 2 bridgehead atoms. The summed E-state index contributed by atoms with van der Waals surface area (Å²) in [5, 5.41) is 0. The van der Waals surface area contributed by atoms with Crippen LogP contribution >= 0.6 is 24.2 Å². The van der Waals surface area contributed by atoms with Gasteiger partial charge in [0.25, 0.3) is 0 Å². The van der Waals surface area contributed by atoms with Gasteiger partial charge in [-0.1, -0.05) is 6.42 Å². The standard InChI is InChI=1S/C16H29N3OS.ClH/c1-21-9-4-14(17)16(20)19-7-5-18(6-8-19)15-11-12-2-3-13(15)10-12;/h12-15H,2-11,17H2,1H3;1H/t12?,13?,14-,15?;/m0./s1. The van der Waals surface area contributed by atoms with Gasteiger partial charge < -0.3 is 10.6 Å². The van der Waals surface area contributed by atoms with Crippen molar-refractivity contribution in [1.82, 2.24) is 9.80 Å². The Morgan fingerprint density at radius 1 is 1.23 bits per heavy atom. The van der Waals surface area contributed by atoms with Crippen molar-refractivity contribution in [2.45, 2.75) is 44.2 Å². The minimum atomic E-state index is -0.300. The Kier molecular flexibility index (Phi) is 6.87. The van der Waals surface area contributed by atoms with Crippen LogP contribution in [0.3, 0.4) is 0 Å². The fourth-order valence-corrected chi connectivity index (χ4v) is 5.02. The number of amides is 1. The van der Waals surface area contributed by atoms with E-state index in [9.17, 15) is 4.79 Å². The van der Waals surface area contributed by atoms with E-state index in [1.54, 1.807) is 11.8 Å². The lowest BCUT2D eigenvalue weighted by Crippen LogP contribution is -2.56. The molecule has 2 aliphatic carbocycles. The van der Waals surface area contributed by atoms with Crippen molar-refractivity contribution in [3.05, 3.63) is 0 Å². The van der Waals surface area contributed by atoms with Gasteiger partial charge in [0, 0.05) is 32.2 Å². The van der Waals surface area contributed by atoms with Crippen LogP contribution in [-0.2, 0) is 4.79 Å². The van der Waals surface area contributed by atoms with Gasteiger partial charge in [-0.2, -0.15) is 11.8 Å². The number of carbonyl (C=O) groups is 1. The minimum absolute atomic E-state index is 0. The number of thioether (sulfide) groups is 1. The summed E-state index contributed by atoms with van der Waals surface area (Å²) in [6.07, 6.45) is 8.63. The van der Waals surface area contributed by atoms with Crippen LogP contribution in [0.4, 0.5) is 0 Å². The van der Waals surface area contributed by atoms with E-state index in [0.717, 1.165) is 56.2 Å². The second-order valence-electron chi connectivity index (χ2n) is 6.99. The van der Waals surface area contributed by atoms with Gasteiger partial charge in [0.05, 0.1) is 6.04 Å². The Morgan fingerprint density at radius 2 is 1.95 bits per heavy atom. The molecule has 2 saturated carbocycles. The largest absolute Gasteiger partial charge is 0.339 e. The van der Waals surface area contributed by atoms with Crippen LogP contribution in [0.2, 0.25) is 0 Å². The molecule has 1 heterocycles. The Bertz CT molecular complexity index is 376. The summed E-state index contributed by atoms with van der Waals surface area (Å²) < 4.78 is 0. The predicted molar refractivity (Wildman–Crippen MR) is 95.6 cm³/mol. The second-order valence-corrected chi connectivity index (χ2v) is 7.98. The Morgan fingerprint density at radius 3 is 2.50 bits per heavy atom. The second kappa shape index (κ2) is 8.22. The maximum atomic E-state index is 12.3. The van der Waals surface area contributed by atoms with E-state index >= 15 is 0 Å². The fraction of sp³-hybridized carbons (Fsp3) is 0.938. The topological polar surface area (TPSA) is 49.6 Å². The van der Waals surface area contributed by atoms with Crippen molar-refractivity contribution >= 4 is 30.1 Å². The lowest BCUT2D eigenvalue weighted by molar-refractivity contribution is -0.134. The molecule has 3 fully saturated rings. The Labute approximate surface area is 144 Å². The number of hydrogen-bond donors (Lipinski definition) is 1. The molecule has 3 unspecified atom stereocenters. The first-order valence-electron chi connectivity index (χ1n) is 8.46. The molecule has 0 aromatic rings. The number of nitrogens with zero attached hydrogens (tertiary/aromatic N) is 2. The van der Waals surface area contributed by atoms with Crippen molar-refractivity contribution < 1.29 is 4.79 Å². The molecule has 22 heavy (non-hydrogen) atoms. The smallest absolute Gasteiger partial charge is 0.239 e. The molecular weight excluding hydrogens is 318 g/mol. The van der Waals surface area contributed by atoms with Gasteiger partial charge in [-0.05, 0) is 49.5 Å². The van der Waals surface area contributed by atoms with Gasteiger partial charge in [-0.25, -0.2) is 0 Å². The number of nitrogens with two attached hydrogens (primary N) is 1. The van der Waals surface area contributed by atoms with Crippen molar-refractivity contribution in [3.63, 3.8) is 0 Å². The van der Waals surface area contributed by atoms with Crippen LogP contribution in [0.5, 0.6) is 0 Å². The zero-order chi connectivity index (χ0) is 14.8. The first kappa shape index (κ1) is 18.4. The highest BCUT2D eigenvalue weighted by Crippen LogP contribution is 2.46. The monoisotopic (exact) mass is 347 g/mol. The molecule has 0 radical (unpaired) electrons. The zero-order valence-electron chi connectivity index (χ0n) is 13.6. The third kappa shape index (κ3) is 3.92. The molecule has 1 saturated heterocycles. The average Bonchev–Trinajstić information content (AvgIpc) is 3.15. The maximum Gasteiger partial charge on any atom is 0.239 e. The van der Waals surface area contributed by atoms with E-state index in [-0.39, 0.29) is 24.4 Å². The van der Waals surface area contributed by atoms with Gasteiger partial charge in [0.15, 0.2) is 0 Å². The van der Waals surface area contributed by atoms with Crippen molar-refractivity contribution in [1.29, 1.82) is 0 Å². The van der Waals surface area contributed by atoms with Crippen molar-refractivity contribution in [2.75, 3.05) is 38.2 Å². The van der Waals surface area contributed by atoms with E-state index in [0.29, 0.717) is 0 Å². The first-order chi connectivity index (χ1) is 10.2. The molecule has 3 aliphatic rings. The molecule has 3 rings (SSSR count). The van der Waals surface area contributed by atoms with E-state index in [1.165, 1.54) is 25.7 Å². The molecular formula is C16H30ClN3OS. The minimum Gasteiger partial charge on any atom is -0.339 e. The summed E-state index contributed by atoms with van der Waals surface area (Å²) >= 11 is 1.76. The zero-order valence-corrected chi connectivity index (χ0v) is 15.2. The summed E-state index contributed by atoms with van der Waals surface area (Å²) in [5.41, 5.74) is 6.02. The molecule has 0 spiro atoms. The fourth-order valence-electron chi connectivity index (χ4n) is 4.54. The highest BCUT2D eigenvalue weighted by Gasteiger charge is 2.43. The first-order valence-corrected chi connectivity index (χ1v) is 9.85. The van der Waals surface area contributed by atoms with Crippen molar-refractivity contribution in [2.24, 2.45) is 17.6 Å². The summed E-state index contributed by atoms with van der Waals surface area (Å²) in [6.45, 7) is 3.85. The Balaban J connectivity index is 0.00000176. The van der Waals surface area contributed by atoms with Gasteiger partial charge >= 0.3 is 0 Å². The summed E-state index contributed by atoms with van der Waals surface area (Å²) in [7, 11) is 0. The van der Waals surface area contributed by atoms with Crippen LogP contribution in [0.1, 0.15) is 32.1 Å². The lowest BCUT2D eigenvalue weighted by atomic mass is 9.93. The highest BCUT2D eigenvalue weighted by atomic mass is 35.5. The molecule has 128 valence electrons. The van der Waals surface area contributed by atoms with Crippen LogP contribution in [-0.4, -0.2) is 66.0 Å². The van der Waals surface area contributed by atoms with E-state index < -0.39 is 0 Å². The molecule has 6 heteroatoms. The SMILES string of the molecule is CSCC[C@H](N)C(=O)N1CCN(C2CC3CCC2C3)CC1.Cl. The van der Waals surface area contributed by atoms with Gasteiger partial charge in [-0.15, -0.1) is 12.4 Å². The van der Waals surface area contributed by atoms with Crippen LogP contribution in [0.15, 0.2) is 0 Å². The summed E-state index contributed by atoms with van der Waals surface area (Å²) in [5.74, 6) is 3.08. The average molecular weight is 348 g/mol. The molecule has 4 nitrogen and oxygen atoms in total. The number of carbonyl (C=O) groups excluding carboxylic acids is 1. The lowest BCUT2D eigenvalue weighted by Gasteiger charge is -2.41. The van der Waals surface area contributed by atoms with Crippen LogP contribution in [0, 0.1) is 11.8 Å². The quantitative estimate of drug-likeness (QED) is 0.824. The van der Waals surface area contributed by atoms with E-state index in [2.05, 4.69) is 11.2 Å². The Hall–Kier alpha value is 0.0300. The summed E-state index contributed by atoms with van der Waals surface area (Å²) in [6, 6.07) is 0.512. The number of halogens is 1. The predicted octanol–water partition coefficient (Wildman–Crippen LogP) is 1.82. The number of hydrogen-bond acceptors (Lipinski definition) is 4. The van der Waals surface area contributed by atoms with Gasteiger partial charge in [0.2, 0.25) is 5.91 Å². The molecule has 0 aromatic carbocycles. The molecule has 1 aliphatic heterocycles. The van der Waals surface area contributed by atoms with Crippen molar-refractivity contribution in [3.8, 4) is 0 Å². The van der Waals surface area contributed by atoms with Crippen LogP contribution in [0.25, 0.3) is 0 Å². The van der Waals surface area contributed by atoms with Crippen LogP contribution < -0.4 is 5.73 Å². The van der Waals surface area contributed by atoms with E-state index in [4.69, 9.17) is 5.73 Å². The van der Waals surface area contributed by atoms with E-state index in [1.807, 2.05) is 4.90 Å². The van der Waals surface area contributed by atoms with Gasteiger partial charge in [0.1, 0.15) is 0 Å². The molecule has 0 aromatic heterocycles. The normalized spacial score (nSPS) is 32.8. The molecule has 4 atom stereocenters. The maximum absolute atomic E-state index is 12.3.